The Balaban J connectivity index is 0.000000424. The minimum absolute atomic E-state index is 0.208. The summed E-state index contributed by atoms with van der Waals surface area (Å²) >= 11 is 0. The number of aryl methyl sites for hydroxylation is 2. The lowest BCUT2D eigenvalue weighted by Crippen LogP contribution is -2.13. The first-order valence-electron chi connectivity index (χ1n) is 3.96. The van der Waals surface area contributed by atoms with Crippen molar-refractivity contribution in [1.29, 1.82) is 0 Å². The van der Waals surface area contributed by atoms with Crippen LogP contribution in [0.3, 0.4) is 0 Å². The van der Waals surface area contributed by atoms with Gasteiger partial charge in [-0.15, -0.1) is 0 Å². The fourth-order valence-corrected chi connectivity index (χ4v) is 0.818. The molecule has 0 aliphatic rings. The molecule has 4 heteroatoms. The number of benzene rings is 1. The Hall–Kier alpha value is -1.26. The Morgan fingerprint density at radius 3 is 2.00 bits per heavy atom. The van der Waals surface area contributed by atoms with Crippen LogP contribution in [0.15, 0.2) is 12.1 Å². The molecule has 0 aliphatic carbocycles. The molecule has 0 fully saturated rings. The van der Waals surface area contributed by atoms with Crippen LogP contribution in [-0.4, -0.2) is 12.2 Å². The molecule has 1 aromatic rings. The van der Waals surface area contributed by atoms with Gasteiger partial charge in [0.2, 0.25) is 0 Å². The third kappa shape index (κ3) is 3.31. The number of nitrogens with one attached hydrogen (secondary N) is 1. The van der Waals surface area contributed by atoms with Crippen LogP contribution < -0.4 is 17.0 Å². The second-order valence-corrected chi connectivity index (χ2v) is 2.75. The van der Waals surface area contributed by atoms with E-state index in [1.807, 2.05) is 26.0 Å². The first kappa shape index (κ1) is 11.7. The predicted molar refractivity (Wildman–Crippen MR) is 55.2 cm³/mol. The van der Waals surface area contributed by atoms with Gasteiger partial charge in [0.15, 0.2) is 0 Å². The molecule has 4 nitrogen and oxygen atoms in total. The maximum absolute atomic E-state index is 9.26. The molecular formula is C9H17N3O. The molecule has 1 rings (SSSR count). The highest BCUT2D eigenvalue weighted by molar-refractivity contribution is 5.60. The maximum atomic E-state index is 9.26. The lowest BCUT2D eigenvalue weighted by Gasteiger charge is -2.04. The molecule has 0 saturated carbocycles. The lowest BCUT2D eigenvalue weighted by molar-refractivity contribution is 0.473. The van der Waals surface area contributed by atoms with Crippen LogP contribution in [0.4, 0.5) is 5.69 Å². The molecule has 0 atom stereocenters. The molecule has 0 saturated heterocycles. The SMILES string of the molecule is CNN.Cc1ccc(C)c(O)c1N. The Bertz CT molecular complexity index is 247. The summed E-state index contributed by atoms with van der Waals surface area (Å²) < 4.78 is 0. The summed E-state index contributed by atoms with van der Waals surface area (Å²) in [5.41, 5.74) is 10.0. The van der Waals surface area contributed by atoms with E-state index < -0.39 is 0 Å². The van der Waals surface area contributed by atoms with Gasteiger partial charge in [0.05, 0.1) is 5.69 Å². The number of phenolic OH excluding ortho intramolecular Hbond substituents is 1. The molecule has 0 radical (unpaired) electrons. The highest BCUT2D eigenvalue weighted by Crippen LogP contribution is 2.26. The fraction of sp³-hybridized carbons (Fsp3) is 0.333. The van der Waals surface area contributed by atoms with Crippen molar-refractivity contribution < 1.29 is 5.11 Å². The highest BCUT2D eigenvalue weighted by Gasteiger charge is 2.01. The average molecular weight is 183 g/mol. The van der Waals surface area contributed by atoms with Crippen molar-refractivity contribution in [2.24, 2.45) is 5.84 Å². The van der Waals surface area contributed by atoms with Crippen molar-refractivity contribution in [2.45, 2.75) is 13.8 Å². The second kappa shape index (κ2) is 5.40. The number of rotatable bonds is 0. The third-order valence-corrected chi connectivity index (χ3v) is 1.64. The van der Waals surface area contributed by atoms with E-state index in [-0.39, 0.29) is 5.75 Å². The Morgan fingerprint density at radius 1 is 1.23 bits per heavy atom. The van der Waals surface area contributed by atoms with Crippen molar-refractivity contribution in [3.8, 4) is 5.75 Å². The quantitative estimate of drug-likeness (QED) is 0.206. The van der Waals surface area contributed by atoms with Crippen LogP contribution >= 0.6 is 0 Å². The number of aromatic hydroxyl groups is 1. The van der Waals surface area contributed by atoms with Gasteiger partial charge in [0.25, 0.3) is 0 Å². The number of hydrazine groups is 1. The zero-order valence-corrected chi connectivity index (χ0v) is 8.26. The number of nitrogen functional groups attached to an aromatic ring is 1. The van der Waals surface area contributed by atoms with Gasteiger partial charge in [-0.1, -0.05) is 12.1 Å². The zero-order chi connectivity index (χ0) is 10.4. The van der Waals surface area contributed by atoms with E-state index in [1.165, 1.54) is 0 Å². The standard InChI is InChI=1S/C8H11NO.CH6N2/c1-5-3-4-6(2)8(10)7(5)9;1-3-2/h3-4,10H,9H2,1-2H3;3H,2H2,1H3. The first-order valence-corrected chi connectivity index (χ1v) is 3.96. The Kier molecular flexibility index (Phi) is 4.87. The number of hydrogen-bond donors (Lipinski definition) is 4. The van der Waals surface area contributed by atoms with Crippen LogP contribution in [-0.2, 0) is 0 Å². The van der Waals surface area contributed by atoms with Crippen LogP contribution in [0.2, 0.25) is 0 Å². The highest BCUT2D eigenvalue weighted by atomic mass is 16.3. The van der Waals surface area contributed by atoms with Gasteiger partial charge in [0.1, 0.15) is 5.75 Å². The van der Waals surface area contributed by atoms with Gasteiger partial charge in [-0.3, -0.25) is 11.3 Å². The minimum Gasteiger partial charge on any atom is -0.506 e. The Morgan fingerprint density at radius 2 is 1.62 bits per heavy atom. The third-order valence-electron chi connectivity index (χ3n) is 1.64. The van der Waals surface area contributed by atoms with Crippen molar-refractivity contribution >= 4 is 5.69 Å². The molecule has 13 heavy (non-hydrogen) atoms. The van der Waals surface area contributed by atoms with E-state index in [9.17, 15) is 5.11 Å². The first-order chi connectivity index (χ1) is 6.04. The van der Waals surface area contributed by atoms with E-state index in [2.05, 4.69) is 11.3 Å². The van der Waals surface area contributed by atoms with Crippen LogP contribution in [0.25, 0.3) is 0 Å². The fourth-order valence-electron chi connectivity index (χ4n) is 0.818. The average Bonchev–Trinajstić information content (AvgIpc) is 2.10. The van der Waals surface area contributed by atoms with Crippen molar-refractivity contribution in [3.63, 3.8) is 0 Å². The Labute approximate surface area is 78.5 Å². The summed E-state index contributed by atoms with van der Waals surface area (Å²) in [5.74, 6) is 4.81. The molecule has 0 unspecified atom stereocenters. The molecule has 0 aromatic heterocycles. The van der Waals surface area contributed by atoms with Gasteiger partial charge in [0, 0.05) is 0 Å². The number of hydrogen-bond acceptors (Lipinski definition) is 4. The normalized spacial score (nSPS) is 8.92. The monoisotopic (exact) mass is 183 g/mol. The molecule has 0 heterocycles. The molecule has 0 amide bonds. The molecule has 0 spiro atoms. The van der Waals surface area contributed by atoms with Crippen molar-refractivity contribution in [2.75, 3.05) is 12.8 Å². The number of phenols is 1. The largest absolute Gasteiger partial charge is 0.506 e. The van der Waals surface area contributed by atoms with E-state index >= 15 is 0 Å². The summed E-state index contributed by atoms with van der Waals surface area (Å²) in [4.78, 5) is 0. The lowest BCUT2D eigenvalue weighted by atomic mass is 10.1. The zero-order valence-electron chi connectivity index (χ0n) is 8.26. The summed E-state index contributed by atoms with van der Waals surface area (Å²) in [6.45, 7) is 3.69. The van der Waals surface area contributed by atoms with E-state index in [0.717, 1.165) is 11.1 Å². The van der Waals surface area contributed by atoms with Crippen LogP contribution in [0.1, 0.15) is 11.1 Å². The smallest absolute Gasteiger partial charge is 0.141 e. The van der Waals surface area contributed by atoms with Gasteiger partial charge < -0.3 is 10.8 Å². The predicted octanol–water partition coefficient (Wildman–Crippen LogP) is 0.671. The van der Waals surface area contributed by atoms with E-state index in [4.69, 9.17) is 5.73 Å². The topological polar surface area (TPSA) is 84.3 Å². The number of nitrogens with two attached hydrogens (primary N) is 2. The molecule has 1 aromatic carbocycles. The van der Waals surface area contributed by atoms with Gasteiger partial charge >= 0.3 is 0 Å². The van der Waals surface area contributed by atoms with E-state index in [0.29, 0.717) is 5.69 Å². The minimum atomic E-state index is 0.208. The second-order valence-electron chi connectivity index (χ2n) is 2.75. The molecular weight excluding hydrogens is 166 g/mol. The van der Waals surface area contributed by atoms with Crippen LogP contribution in [0, 0.1) is 13.8 Å². The van der Waals surface area contributed by atoms with E-state index in [1.54, 1.807) is 7.05 Å². The summed E-state index contributed by atoms with van der Waals surface area (Å²) in [6, 6.07) is 3.74. The van der Waals surface area contributed by atoms with Crippen molar-refractivity contribution in [3.05, 3.63) is 23.3 Å². The molecule has 6 N–H and O–H groups in total. The summed E-state index contributed by atoms with van der Waals surface area (Å²) in [5, 5.41) is 9.26. The molecule has 0 bridgehead atoms. The van der Waals surface area contributed by atoms with Gasteiger partial charge in [-0.2, -0.15) is 0 Å². The summed E-state index contributed by atoms with van der Waals surface area (Å²) in [7, 11) is 1.65. The van der Waals surface area contributed by atoms with Gasteiger partial charge in [-0.05, 0) is 32.0 Å². The molecule has 74 valence electrons. The van der Waals surface area contributed by atoms with Gasteiger partial charge in [-0.25, -0.2) is 0 Å². The van der Waals surface area contributed by atoms with Crippen LogP contribution in [0.5, 0.6) is 5.75 Å². The summed E-state index contributed by atoms with van der Waals surface area (Å²) in [6.07, 6.45) is 0. The maximum Gasteiger partial charge on any atom is 0.141 e. The number of anilines is 1. The van der Waals surface area contributed by atoms with Crippen molar-refractivity contribution in [1.82, 2.24) is 5.43 Å². The molecule has 0 aliphatic heterocycles.